The van der Waals surface area contributed by atoms with Gasteiger partial charge in [-0.15, -0.1) is 11.3 Å². The first-order valence-electron chi connectivity index (χ1n) is 11.3. The molecule has 0 saturated heterocycles. The number of ether oxygens (including phenoxy) is 1. The van der Waals surface area contributed by atoms with Crippen LogP contribution < -0.4 is 4.74 Å². The molecule has 0 N–H and O–H groups in total. The second-order valence-electron chi connectivity index (χ2n) is 8.80. The summed E-state index contributed by atoms with van der Waals surface area (Å²) in [5, 5.41) is 2.03. The monoisotopic (exact) mass is 460 g/mol. The zero-order chi connectivity index (χ0) is 23.3. The molecule has 0 radical (unpaired) electrons. The fourth-order valence-electron chi connectivity index (χ4n) is 4.02. The van der Waals surface area contributed by atoms with E-state index in [9.17, 15) is 14.0 Å². The third-order valence-electron chi connectivity index (χ3n) is 5.95. The van der Waals surface area contributed by atoms with Crippen LogP contribution in [-0.4, -0.2) is 47.4 Å². The Balaban J connectivity index is 1.78. The van der Waals surface area contributed by atoms with E-state index in [-0.39, 0.29) is 48.8 Å². The molecule has 0 saturated carbocycles. The number of fused-ring (bicyclic) bond motifs is 1. The van der Waals surface area contributed by atoms with E-state index in [4.69, 9.17) is 4.74 Å². The quantitative estimate of drug-likeness (QED) is 0.525. The van der Waals surface area contributed by atoms with Gasteiger partial charge in [0, 0.05) is 30.0 Å². The summed E-state index contributed by atoms with van der Waals surface area (Å²) in [5.74, 6) is 0.256. The highest BCUT2D eigenvalue weighted by atomic mass is 32.1. The van der Waals surface area contributed by atoms with Crippen molar-refractivity contribution in [3.8, 4) is 5.75 Å². The predicted molar refractivity (Wildman–Crippen MR) is 125 cm³/mol. The van der Waals surface area contributed by atoms with E-state index >= 15 is 0 Å². The number of carbonyl (C=O) groups is 2. The molecule has 1 aromatic carbocycles. The van der Waals surface area contributed by atoms with Crippen LogP contribution >= 0.6 is 11.3 Å². The van der Waals surface area contributed by atoms with Gasteiger partial charge in [-0.25, -0.2) is 4.39 Å². The van der Waals surface area contributed by atoms with Crippen molar-refractivity contribution >= 4 is 23.2 Å². The summed E-state index contributed by atoms with van der Waals surface area (Å²) in [4.78, 5) is 31.1. The van der Waals surface area contributed by atoms with Crippen molar-refractivity contribution in [1.29, 1.82) is 0 Å². The molecule has 0 spiro atoms. The first-order chi connectivity index (χ1) is 15.3. The van der Waals surface area contributed by atoms with Gasteiger partial charge < -0.3 is 14.5 Å². The summed E-state index contributed by atoms with van der Waals surface area (Å²) >= 11 is 1.68. The Morgan fingerprint density at radius 2 is 2.06 bits per heavy atom. The van der Waals surface area contributed by atoms with E-state index in [1.807, 2.05) is 44.0 Å². The number of carbonyl (C=O) groups excluding carboxylic acids is 2. The Labute approximate surface area is 194 Å². The fraction of sp³-hybridized carbons (Fsp3) is 0.520. The second kappa shape index (κ2) is 10.9. The summed E-state index contributed by atoms with van der Waals surface area (Å²) in [5.41, 5.74) is 1.08. The minimum Gasteiger partial charge on any atom is -0.491 e. The average Bonchev–Trinajstić information content (AvgIpc) is 3.23. The SMILES string of the molecule is CC[C@@H](C)N(CC(=O)N1CCc2sccc2[C@@H]1COc1cccc(F)c1)C(=O)CC(C)C. The normalized spacial score (nSPS) is 16.6. The molecule has 32 heavy (non-hydrogen) atoms. The van der Waals surface area contributed by atoms with E-state index in [1.54, 1.807) is 28.4 Å². The van der Waals surface area contributed by atoms with Gasteiger partial charge in [-0.1, -0.05) is 26.8 Å². The average molecular weight is 461 g/mol. The van der Waals surface area contributed by atoms with Gasteiger partial charge >= 0.3 is 0 Å². The van der Waals surface area contributed by atoms with Gasteiger partial charge in [0.05, 0.1) is 6.04 Å². The van der Waals surface area contributed by atoms with Crippen LogP contribution in [0.4, 0.5) is 4.39 Å². The number of hydrogen-bond acceptors (Lipinski definition) is 4. The van der Waals surface area contributed by atoms with Gasteiger partial charge in [0.15, 0.2) is 0 Å². The first-order valence-corrected chi connectivity index (χ1v) is 12.2. The molecule has 1 aliphatic heterocycles. The van der Waals surface area contributed by atoms with Crippen molar-refractivity contribution in [2.45, 2.75) is 59.0 Å². The lowest BCUT2D eigenvalue weighted by Crippen LogP contribution is -2.50. The van der Waals surface area contributed by atoms with Crippen LogP contribution in [0.25, 0.3) is 0 Å². The molecule has 2 heterocycles. The van der Waals surface area contributed by atoms with Gasteiger partial charge in [0.25, 0.3) is 0 Å². The maximum absolute atomic E-state index is 13.6. The van der Waals surface area contributed by atoms with Crippen molar-refractivity contribution in [1.82, 2.24) is 9.80 Å². The molecule has 0 fully saturated rings. The highest BCUT2D eigenvalue weighted by Gasteiger charge is 2.34. The fourth-order valence-corrected chi connectivity index (χ4v) is 4.95. The van der Waals surface area contributed by atoms with Crippen LogP contribution in [0.15, 0.2) is 35.7 Å². The number of amides is 2. The van der Waals surface area contributed by atoms with E-state index in [0.29, 0.717) is 18.7 Å². The zero-order valence-corrected chi connectivity index (χ0v) is 20.2. The number of rotatable bonds is 9. The van der Waals surface area contributed by atoms with Crippen molar-refractivity contribution in [3.05, 3.63) is 52.0 Å². The summed E-state index contributed by atoms with van der Waals surface area (Å²) in [6, 6.07) is 7.80. The van der Waals surface area contributed by atoms with Gasteiger partial charge in [-0.2, -0.15) is 0 Å². The number of nitrogens with zero attached hydrogens (tertiary/aromatic N) is 2. The molecule has 174 valence electrons. The van der Waals surface area contributed by atoms with E-state index in [2.05, 4.69) is 0 Å². The number of halogens is 1. The standard InChI is InChI=1S/C25H33FN2O3S/c1-5-18(4)28(24(29)13-17(2)3)15-25(30)27-11-9-23-21(10-12-32-23)22(27)16-31-20-8-6-7-19(26)14-20/h6-8,10,12,14,17-18,22H,5,9,11,13,15-16H2,1-4H3/t18-,22+/m1/s1. The van der Waals surface area contributed by atoms with E-state index in [0.717, 1.165) is 18.4 Å². The number of thiophene rings is 1. The third kappa shape index (κ3) is 5.88. The largest absolute Gasteiger partial charge is 0.491 e. The van der Waals surface area contributed by atoms with Crippen molar-refractivity contribution < 1.29 is 18.7 Å². The first kappa shape index (κ1) is 24.2. The van der Waals surface area contributed by atoms with Crippen molar-refractivity contribution in [2.75, 3.05) is 19.7 Å². The molecule has 1 aliphatic rings. The molecular weight excluding hydrogens is 427 g/mol. The Kier molecular flexibility index (Phi) is 8.29. The molecular formula is C25H33FN2O3S. The summed E-state index contributed by atoms with van der Waals surface area (Å²) in [6.07, 6.45) is 2.01. The van der Waals surface area contributed by atoms with Gasteiger partial charge in [-0.05, 0) is 54.8 Å². The lowest BCUT2D eigenvalue weighted by atomic mass is 10.00. The summed E-state index contributed by atoms with van der Waals surface area (Å²) in [7, 11) is 0. The third-order valence-corrected chi connectivity index (χ3v) is 6.95. The molecule has 5 nitrogen and oxygen atoms in total. The highest BCUT2D eigenvalue weighted by Crippen LogP contribution is 2.34. The molecule has 3 rings (SSSR count). The van der Waals surface area contributed by atoms with Gasteiger partial charge in [0.2, 0.25) is 11.8 Å². The van der Waals surface area contributed by atoms with Crippen LogP contribution in [0.3, 0.4) is 0 Å². The predicted octanol–water partition coefficient (Wildman–Crippen LogP) is 5.07. The Bertz CT molecular complexity index is 929. The Hall–Kier alpha value is -2.41. The van der Waals surface area contributed by atoms with Gasteiger partial charge in [0.1, 0.15) is 24.7 Å². The molecule has 2 atom stereocenters. The molecule has 7 heteroatoms. The maximum Gasteiger partial charge on any atom is 0.242 e. The lowest BCUT2D eigenvalue weighted by Gasteiger charge is -2.38. The minimum atomic E-state index is -0.358. The molecule has 0 aliphatic carbocycles. The molecule has 2 amide bonds. The van der Waals surface area contributed by atoms with E-state index < -0.39 is 0 Å². The topological polar surface area (TPSA) is 49.9 Å². The van der Waals surface area contributed by atoms with Gasteiger partial charge in [-0.3, -0.25) is 9.59 Å². The van der Waals surface area contributed by atoms with Crippen LogP contribution in [0.1, 0.15) is 57.0 Å². The minimum absolute atomic E-state index is 0.00584. The molecule has 2 aromatic rings. The molecule has 0 unspecified atom stereocenters. The van der Waals surface area contributed by atoms with Crippen molar-refractivity contribution in [3.63, 3.8) is 0 Å². The lowest BCUT2D eigenvalue weighted by molar-refractivity contribution is -0.144. The maximum atomic E-state index is 13.6. The second-order valence-corrected chi connectivity index (χ2v) is 9.80. The summed E-state index contributed by atoms with van der Waals surface area (Å²) < 4.78 is 19.5. The van der Waals surface area contributed by atoms with Crippen LogP contribution in [-0.2, 0) is 16.0 Å². The smallest absolute Gasteiger partial charge is 0.242 e. The van der Waals surface area contributed by atoms with Crippen LogP contribution in [0.5, 0.6) is 5.75 Å². The Morgan fingerprint density at radius 1 is 1.28 bits per heavy atom. The van der Waals surface area contributed by atoms with Crippen molar-refractivity contribution in [2.24, 2.45) is 5.92 Å². The zero-order valence-electron chi connectivity index (χ0n) is 19.3. The van der Waals surface area contributed by atoms with Crippen LogP contribution in [0.2, 0.25) is 0 Å². The molecule has 0 bridgehead atoms. The molecule has 1 aromatic heterocycles. The number of hydrogen-bond donors (Lipinski definition) is 0. The van der Waals surface area contributed by atoms with E-state index in [1.165, 1.54) is 17.0 Å². The Morgan fingerprint density at radius 3 is 2.75 bits per heavy atom. The van der Waals surface area contributed by atoms with Crippen LogP contribution in [0, 0.1) is 11.7 Å². The highest BCUT2D eigenvalue weighted by molar-refractivity contribution is 7.10. The summed E-state index contributed by atoms with van der Waals surface area (Å²) in [6.45, 7) is 8.92. The number of benzene rings is 1.